The molecule has 0 fully saturated rings. The monoisotopic (exact) mass is 407 g/mol. The van der Waals surface area contributed by atoms with Crippen LogP contribution < -0.4 is 14.8 Å². The number of hydrogen-bond donors (Lipinski definition) is 2. The third-order valence-electron chi connectivity index (χ3n) is 4.14. The summed E-state index contributed by atoms with van der Waals surface area (Å²) in [5.41, 5.74) is 3.96. The number of methoxy groups -OCH3 is 2. The van der Waals surface area contributed by atoms with Crippen LogP contribution in [0, 0.1) is 6.92 Å². The van der Waals surface area contributed by atoms with Crippen molar-refractivity contribution < 1.29 is 19.4 Å². The van der Waals surface area contributed by atoms with Crippen LogP contribution in [-0.2, 0) is 11.3 Å². The first kappa shape index (κ1) is 19.3. The van der Waals surface area contributed by atoms with Gasteiger partial charge in [-0.1, -0.05) is 28.1 Å². The third-order valence-corrected chi connectivity index (χ3v) is 5.00. The van der Waals surface area contributed by atoms with Crippen LogP contribution in [0.25, 0.3) is 11.1 Å². The summed E-state index contributed by atoms with van der Waals surface area (Å²) in [4.78, 5) is 11.0. The van der Waals surface area contributed by atoms with Crippen molar-refractivity contribution in [3.05, 3.63) is 45.9 Å². The van der Waals surface area contributed by atoms with Crippen molar-refractivity contribution in [1.29, 1.82) is 0 Å². The van der Waals surface area contributed by atoms with Gasteiger partial charge in [-0.05, 0) is 48.7 Å². The largest absolute Gasteiger partial charge is 0.496 e. The SMILES string of the molecule is COc1cc(-c2cccc(Br)c2C)cc(OC)c1CNC(C)C(=O)O. The molecule has 5 nitrogen and oxygen atoms in total. The number of carbonyl (C=O) groups is 1. The predicted octanol–water partition coefficient (Wildman–Crippen LogP) is 4.00. The van der Waals surface area contributed by atoms with E-state index in [-0.39, 0.29) is 0 Å². The van der Waals surface area contributed by atoms with Crippen LogP contribution in [-0.4, -0.2) is 31.3 Å². The van der Waals surface area contributed by atoms with Crippen LogP contribution in [0.5, 0.6) is 11.5 Å². The Bertz CT molecular complexity index is 751. The van der Waals surface area contributed by atoms with Crippen LogP contribution in [0.4, 0.5) is 0 Å². The van der Waals surface area contributed by atoms with E-state index in [9.17, 15) is 4.79 Å². The highest BCUT2D eigenvalue weighted by atomic mass is 79.9. The normalized spacial score (nSPS) is 11.9. The van der Waals surface area contributed by atoms with E-state index in [1.165, 1.54) is 0 Å². The molecule has 0 aliphatic heterocycles. The van der Waals surface area contributed by atoms with Crippen LogP contribution in [0.1, 0.15) is 18.1 Å². The predicted molar refractivity (Wildman–Crippen MR) is 101 cm³/mol. The lowest BCUT2D eigenvalue weighted by molar-refractivity contribution is -0.139. The van der Waals surface area contributed by atoms with Crippen molar-refractivity contribution in [3.8, 4) is 22.6 Å². The molecule has 1 atom stereocenters. The van der Waals surface area contributed by atoms with Crippen molar-refractivity contribution >= 4 is 21.9 Å². The molecule has 0 aromatic heterocycles. The van der Waals surface area contributed by atoms with E-state index in [1.54, 1.807) is 21.1 Å². The van der Waals surface area contributed by atoms with Crippen molar-refractivity contribution in [2.24, 2.45) is 0 Å². The molecule has 1 unspecified atom stereocenters. The molecule has 0 aliphatic carbocycles. The molecule has 0 radical (unpaired) electrons. The summed E-state index contributed by atoms with van der Waals surface area (Å²) in [6, 6.07) is 9.24. The standard InChI is InChI=1S/C19H22BrNO4/c1-11-14(6-5-7-16(11)20)13-8-17(24-3)15(18(9-13)25-4)10-21-12(2)19(22)23/h5-9,12,21H,10H2,1-4H3,(H,22,23). The lowest BCUT2D eigenvalue weighted by atomic mass is 9.98. The van der Waals surface area contributed by atoms with Crippen LogP contribution in [0.3, 0.4) is 0 Å². The number of nitrogens with one attached hydrogen (secondary N) is 1. The zero-order valence-corrected chi connectivity index (χ0v) is 16.3. The fourth-order valence-corrected chi connectivity index (χ4v) is 2.94. The molecular weight excluding hydrogens is 386 g/mol. The van der Waals surface area contributed by atoms with Gasteiger partial charge in [-0.2, -0.15) is 0 Å². The highest BCUT2D eigenvalue weighted by Gasteiger charge is 2.17. The van der Waals surface area contributed by atoms with E-state index in [2.05, 4.69) is 21.2 Å². The van der Waals surface area contributed by atoms with Crippen molar-refractivity contribution in [2.75, 3.05) is 14.2 Å². The molecule has 0 saturated heterocycles. The Morgan fingerprint density at radius 3 is 2.36 bits per heavy atom. The van der Waals surface area contributed by atoms with Gasteiger partial charge in [-0.3, -0.25) is 4.79 Å². The summed E-state index contributed by atoms with van der Waals surface area (Å²) in [6.45, 7) is 3.97. The van der Waals surface area contributed by atoms with Gasteiger partial charge in [0.2, 0.25) is 0 Å². The topological polar surface area (TPSA) is 67.8 Å². The zero-order chi connectivity index (χ0) is 18.6. The molecule has 2 aromatic rings. The second-order valence-electron chi connectivity index (χ2n) is 5.71. The first-order chi connectivity index (χ1) is 11.9. The molecule has 2 aromatic carbocycles. The lowest BCUT2D eigenvalue weighted by Crippen LogP contribution is -2.33. The molecule has 0 amide bonds. The summed E-state index contributed by atoms with van der Waals surface area (Å²) < 4.78 is 12.1. The number of halogens is 1. The van der Waals surface area contributed by atoms with Gasteiger partial charge in [0.1, 0.15) is 17.5 Å². The maximum absolute atomic E-state index is 11.0. The second kappa shape index (κ2) is 8.36. The highest BCUT2D eigenvalue weighted by Crippen LogP contribution is 2.37. The first-order valence-electron chi connectivity index (χ1n) is 7.85. The van der Waals surface area contributed by atoms with E-state index < -0.39 is 12.0 Å². The Morgan fingerprint density at radius 1 is 1.24 bits per heavy atom. The Labute approximate surface area is 156 Å². The minimum absolute atomic E-state index is 0.331. The Balaban J connectivity index is 2.46. The van der Waals surface area contributed by atoms with Gasteiger partial charge < -0.3 is 19.9 Å². The van der Waals surface area contributed by atoms with E-state index >= 15 is 0 Å². The summed E-state index contributed by atoms with van der Waals surface area (Å²) in [5.74, 6) is 0.400. The number of benzene rings is 2. The smallest absolute Gasteiger partial charge is 0.320 e. The first-order valence-corrected chi connectivity index (χ1v) is 8.64. The summed E-state index contributed by atoms with van der Waals surface area (Å²) in [7, 11) is 3.19. The summed E-state index contributed by atoms with van der Waals surface area (Å²) in [5, 5.41) is 12.0. The van der Waals surface area contributed by atoms with Gasteiger partial charge >= 0.3 is 5.97 Å². The van der Waals surface area contributed by atoms with Gasteiger partial charge in [0.25, 0.3) is 0 Å². The van der Waals surface area contributed by atoms with Crippen LogP contribution in [0.2, 0.25) is 0 Å². The van der Waals surface area contributed by atoms with Gasteiger partial charge in [-0.25, -0.2) is 0 Å². The summed E-state index contributed by atoms with van der Waals surface area (Å²) in [6.07, 6.45) is 0. The van der Waals surface area contributed by atoms with Gasteiger partial charge in [0, 0.05) is 16.6 Å². The average Bonchev–Trinajstić information content (AvgIpc) is 2.61. The van der Waals surface area contributed by atoms with E-state index in [4.69, 9.17) is 14.6 Å². The minimum atomic E-state index is -0.903. The van der Waals surface area contributed by atoms with Gasteiger partial charge in [0.15, 0.2) is 0 Å². The molecule has 2 N–H and O–H groups in total. The number of carboxylic acid groups (broad SMARTS) is 1. The number of hydrogen-bond acceptors (Lipinski definition) is 4. The van der Waals surface area contributed by atoms with Gasteiger partial charge in [0.05, 0.1) is 14.2 Å². The van der Waals surface area contributed by atoms with Crippen LogP contribution in [0.15, 0.2) is 34.8 Å². The lowest BCUT2D eigenvalue weighted by Gasteiger charge is -2.18. The zero-order valence-electron chi connectivity index (χ0n) is 14.7. The number of carboxylic acids is 1. The Hall–Kier alpha value is -2.05. The highest BCUT2D eigenvalue weighted by molar-refractivity contribution is 9.10. The maximum Gasteiger partial charge on any atom is 0.320 e. The Kier molecular flexibility index (Phi) is 6.45. The maximum atomic E-state index is 11.0. The van der Waals surface area contributed by atoms with E-state index in [0.29, 0.717) is 18.0 Å². The fourth-order valence-electron chi connectivity index (χ4n) is 2.58. The van der Waals surface area contributed by atoms with Crippen molar-refractivity contribution in [1.82, 2.24) is 5.32 Å². The second-order valence-corrected chi connectivity index (χ2v) is 6.57. The number of rotatable bonds is 7. The average molecular weight is 408 g/mol. The fraction of sp³-hybridized carbons (Fsp3) is 0.316. The molecule has 6 heteroatoms. The molecule has 0 bridgehead atoms. The molecule has 25 heavy (non-hydrogen) atoms. The third kappa shape index (κ3) is 4.32. The molecule has 0 aliphatic rings. The van der Waals surface area contributed by atoms with E-state index in [0.717, 1.165) is 26.7 Å². The molecule has 2 rings (SSSR count). The molecule has 0 spiro atoms. The number of ether oxygens (including phenoxy) is 2. The van der Waals surface area contributed by atoms with Crippen LogP contribution >= 0.6 is 15.9 Å². The van der Waals surface area contributed by atoms with Crippen molar-refractivity contribution in [3.63, 3.8) is 0 Å². The molecule has 134 valence electrons. The Morgan fingerprint density at radius 2 is 1.84 bits per heavy atom. The van der Waals surface area contributed by atoms with E-state index in [1.807, 2.05) is 37.3 Å². The summed E-state index contributed by atoms with van der Waals surface area (Å²) >= 11 is 3.56. The molecule has 0 heterocycles. The quantitative estimate of drug-likeness (QED) is 0.725. The van der Waals surface area contributed by atoms with Crippen molar-refractivity contribution in [2.45, 2.75) is 26.4 Å². The number of aliphatic carboxylic acids is 1. The molecule has 0 saturated carbocycles. The van der Waals surface area contributed by atoms with Gasteiger partial charge in [-0.15, -0.1) is 0 Å². The minimum Gasteiger partial charge on any atom is -0.496 e. The molecular formula is C19H22BrNO4.